The van der Waals surface area contributed by atoms with Crippen LogP contribution in [0.25, 0.3) is 0 Å². The number of hydrogen-bond acceptors (Lipinski definition) is 6. The van der Waals surface area contributed by atoms with Gasteiger partial charge in [-0.15, -0.1) is 0 Å². The maximum absolute atomic E-state index is 12.7. The van der Waals surface area contributed by atoms with Crippen LogP contribution in [-0.4, -0.2) is 38.7 Å². The Kier molecular flexibility index (Phi) is 4.38. The van der Waals surface area contributed by atoms with E-state index in [9.17, 15) is 4.79 Å². The van der Waals surface area contributed by atoms with E-state index in [4.69, 9.17) is 0 Å². The summed E-state index contributed by atoms with van der Waals surface area (Å²) in [5.74, 6) is 2.15. The highest BCUT2D eigenvalue weighted by Gasteiger charge is 2.25. The van der Waals surface area contributed by atoms with Gasteiger partial charge < -0.3 is 14.8 Å². The lowest BCUT2D eigenvalue weighted by atomic mass is 10.1. The van der Waals surface area contributed by atoms with Crippen LogP contribution in [0.2, 0.25) is 0 Å². The number of aryl methyl sites for hydroxylation is 1. The van der Waals surface area contributed by atoms with E-state index in [1.165, 1.54) is 12.8 Å². The van der Waals surface area contributed by atoms with Gasteiger partial charge in [0.15, 0.2) is 5.82 Å². The highest BCUT2D eigenvalue weighted by atomic mass is 16.1. The molecule has 2 fully saturated rings. The number of aromatic nitrogens is 4. The van der Waals surface area contributed by atoms with E-state index in [-0.39, 0.29) is 5.56 Å². The Labute approximate surface area is 147 Å². The summed E-state index contributed by atoms with van der Waals surface area (Å²) < 4.78 is 1.83. The second-order valence-electron chi connectivity index (χ2n) is 7.10. The van der Waals surface area contributed by atoms with Crippen molar-refractivity contribution in [2.24, 2.45) is 5.92 Å². The van der Waals surface area contributed by atoms with Gasteiger partial charge in [-0.1, -0.05) is 0 Å². The standard InChI is InChI=1S/C18H24N6O/c1-13-10-16(21-12-20-13)22-15-4-7-23(8-5-15)17-18(25)24(9-6-19-17)11-14-2-3-14/h6,9-10,12,14-15H,2-5,7-8,11H2,1H3,(H,20,21,22). The van der Waals surface area contributed by atoms with E-state index in [2.05, 4.69) is 25.2 Å². The second-order valence-corrected chi connectivity index (χ2v) is 7.10. The smallest absolute Gasteiger partial charge is 0.293 e. The lowest BCUT2D eigenvalue weighted by Crippen LogP contribution is -2.42. The number of rotatable bonds is 5. The fourth-order valence-corrected chi connectivity index (χ4v) is 3.35. The fraction of sp³-hybridized carbons (Fsp3) is 0.556. The van der Waals surface area contributed by atoms with Crippen molar-refractivity contribution in [1.29, 1.82) is 0 Å². The summed E-state index contributed by atoms with van der Waals surface area (Å²) >= 11 is 0. The van der Waals surface area contributed by atoms with Gasteiger partial charge in [0.05, 0.1) is 0 Å². The largest absolute Gasteiger partial charge is 0.367 e. The Balaban J connectivity index is 1.39. The van der Waals surface area contributed by atoms with E-state index in [1.54, 1.807) is 12.5 Å². The zero-order valence-electron chi connectivity index (χ0n) is 14.6. The number of anilines is 2. The molecule has 0 spiro atoms. The van der Waals surface area contributed by atoms with E-state index < -0.39 is 0 Å². The van der Waals surface area contributed by atoms with Crippen LogP contribution >= 0.6 is 0 Å². The first-order chi connectivity index (χ1) is 12.2. The number of piperidine rings is 1. The minimum Gasteiger partial charge on any atom is -0.367 e. The Morgan fingerprint density at radius 3 is 2.68 bits per heavy atom. The second kappa shape index (κ2) is 6.82. The van der Waals surface area contributed by atoms with Gasteiger partial charge in [-0.2, -0.15) is 0 Å². The molecule has 2 aromatic rings. The minimum absolute atomic E-state index is 0.0484. The SMILES string of the molecule is Cc1cc(NC2CCN(c3nccn(CC4CC4)c3=O)CC2)ncn1. The summed E-state index contributed by atoms with van der Waals surface area (Å²) in [6.45, 7) is 4.46. The molecule has 2 aromatic heterocycles. The van der Waals surface area contributed by atoms with Crippen molar-refractivity contribution >= 4 is 11.6 Å². The summed E-state index contributed by atoms with van der Waals surface area (Å²) in [6.07, 6.45) is 9.56. The third-order valence-corrected chi connectivity index (χ3v) is 5.00. The molecule has 1 aliphatic carbocycles. The van der Waals surface area contributed by atoms with Gasteiger partial charge in [0.2, 0.25) is 0 Å². The van der Waals surface area contributed by atoms with Crippen LogP contribution in [0.4, 0.5) is 11.6 Å². The summed E-state index contributed by atoms with van der Waals surface area (Å²) in [7, 11) is 0. The molecule has 25 heavy (non-hydrogen) atoms. The molecule has 7 heteroatoms. The van der Waals surface area contributed by atoms with Crippen molar-refractivity contribution in [1.82, 2.24) is 19.5 Å². The average molecular weight is 340 g/mol. The fourth-order valence-electron chi connectivity index (χ4n) is 3.35. The molecule has 132 valence electrons. The van der Waals surface area contributed by atoms with Crippen molar-refractivity contribution < 1.29 is 0 Å². The molecule has 0 atom stereocenters. The van der Waals surface area contributed by atoms with Gasteiger partial charge in [0.1, 0.15) is 12.1 Å². The van der Waals surface area contributed by atoms with Crippen molar-refractivity contribution in [3.63, 3.8) is 0 Å². The Bertz CT molecular complexity index is 792. The van der Waals surface area contributed by atoms with E-state index in [1.807, 2.05) is 23.8 Å². The molecule has 4 rings (SSSR count). The van der Waals surface area contributed by atoms with Gasteiger partial charge in [-0.3, -0.25) is 4.79 Å². The van der Waals surface area contributed by atoms with Crippen LogP contribution in [0, 0.1) is 12.8 Å². The van der Waals surface area contributed by atoms with Gasteiger partial charge in [-0.05, 0) is 38.5 Å². The van der Waals surface area contributed by atoms with Crippen LogP contribution in [0.5, 0.6) is 0 Å². The summed E-state index contributed by atoms with van der Waals surface area (Å²) in [4.78, 5) is 27.5. The van der Waals surface area contributed by atoms with Crippen LogP contribution in [0.1, 0.15) is 31.4 Å². The molecule has 0 unspecified atom stereocenters. The van der Waals surface area contributed by atoms with Crippen LogP contribution in [0.3, 0.4) is 0 Å². The number of nitrogens with zero attached hydrogens (tertiary/aromatic N) is 5. The lowest BCUT2D eigenvalue weighted by Gasteiger charge is -2.33. The summed E-state index contributed by atoms with van der Waals surface area (Å²) in [5.41, 5.74) is 1.01. The van der Waals surface area contributed by atoms with Gasteiger partial charge in [0.25, 0.3) is 5.56 Å². The van der Waals surface area contributed by atoms with Crippen LogP contribution in [0.15, 0.2) is 29.6 Å². The lowest BCUT2D eigenvalue weighted by molar-refractivity contribution is 0.516. The maximum atomic E-state index is 12.7. The third kappa shape index (κ3) is 3.81. The molecule has 0 amide bonds. The van der Waals surface area contributed by atoms with Gasteiger partial charge in [-0.25, -0.2) is 15.0 Å². The Morgan fingerprint density at radius 1 is 1.16 bits per heavy atom. The Morgan fingerprint density at radius 2 is 1.96 bits per heavy atom. The number of hydrogen-bond donors (Lipinski definition) is 1. The first-order valence-electron chi connectivity index (χ1n) is 9.04. The monoisotopic (exact) mass is 340 g/mol. The predicted molar refractivity (Wildman–Crippen MR) is 96.8 cm³/mol. The van der Waals surface area contributed by atoms with E-state index >= 15 is 0 Å². The zero-order chi connectivity index (χ0) is 17.2. The van der Waals surface area contributed by atoms with E-state index in [0.717, 1.165) is 44.0 Å². The topological polar surface area (TPSA) is 75.9 Å². The molecular weight excluding hydrogens is 316 g/mol. The summed E-state index contributed by atoms with van der Waals surface area (Å²) in [5, 5.41) is 3.47. The normalized spacial score (nSPS) is 18.4. The Hall–Kier alpha value is -2.44. The molecule has 1 saturated heterocycles. The number of nitrogens with one attached hydrogen (secondary N) is 1. The first kappa shape index (κ1) is 16.1. The molecule has 0 radical (unpaired) electrons. The van der Waals surface area contributed by atoms with Crippen LogP contribution in [-0.2, 0) is 6.54 Å². The van der Waals surface area contributed by atoms with Gasteiger partial charge in [0, 0.05) is 49.8 Å². The highest BCUT2D eigenvalue weighted by molar-refractivity contribution is 5.39. The van der Waals surface area contributed by atoms with E-state index in [0.29, 0.717) is 17.8 Å². The molecule has 7 nitrogen and oxygen atoms in total. The van der Waals surface area contributed by atoms with Crippen molar-refractivity contribution in [2.75, 3.05) is 23.3 Å². The zero-order valence-corrected chi connectivity index (χ0v) is 14.6. The third-order valence-electron chi connectivity index (χ3n) is 5.00. The van der Waals surface area contributed by atoms with Crippen LogP contribution < -0.4 is 15.8 Å². The molecule has 3 heterocycles. The molecule has 1 aliphatic heterocycles. The first-order valence-corrected chi connectivity index (χ1v) is 9.04. The quantitative estimate of drug-likeness (QED) is 0.895. The molecule has 1 N–H and O–H groups in total. The molecule has 0 bridgehead atoms. The highest BCUT2D eigenvalue weighted by Crippen LogP contribution is 2.30. The molecule has 1 saturated carbocycles. The van der Waals surface area contributed by atoms with Crippen molar-refractivity contribution in [3.05, 3.63) is 40.8 Å². The molecular formula is C18H24N6O. The molecule has 0 aromatic carbocycles. The van der Waals surface area contributed by atoms with Crippen molar-refractivity contribution in [3.8, 4) is 0 Å². The summed E-state index contributed by atoms with van der Waals surface area (Å²) in [6, 6.07) is 2.32. The average Bonchev–Trinajstić information content (AvgIpc) is 3.42. The molecule has 2 aliphatic rings. The van der Waals surface area contributed by atoms with Crippen molar-refractivity contribution in [2.45, 2.75) is 45.2 Å². The van der Waals surface area contributed by atoms with Gasteiger partial charge >= 0.3 is 0 Å². The minimum atomic E-state index is 0.0484. The predicted octanol–water partition coefficient (Wildman–Crippen LogP) is 1.83. The maximum Gasteiger partial charge on any atom is 0.293 e.